The van der Waals surface area contributed by atoms with Crippen LogP contribution in [-0.2, 0) is 0 Å². The van der Waals surface area contributed by atoms with Crippen molar-refractivity contribution in [1.82, 2.24) is 0 Å². The van der Waals surface area contributed by atoms with Gasteiger partial charge in [-0.15, -0.1) is 0 Å². The van der Waals surface area contributed by atoms with E-state index in [1.54, 1.807) is 24.3 Å². The molecule has 2 N–H and O–H groups in total. The number of ether oxygens (including phenoxy) is 1. The van der Waals surface area contributed by atoms with Crippen molar-refractivity contribution >= 4 is 0 Å². The highest BCUT2D eigenvalue weighted by atomic mass is 19.4. The van der Waals surface area contributed by atoms with Gasteiger partial charge in [-0.05, 0) is 24.2 Å². The summed E-state index contributed by atoms with van der Waals surface area (Å²) in [4.78, 5) is 0. The second-order valence-electron chi connectivity index (χ2n) is 3.53. The van der Waals surface area contributed by atoms with Crippen LogP contribution in [0.4, 0.5) is 13.2 Å². The third kappa shape index (κ3) is 3.73. The maximum Gasteiger partial charge on any atom is 0.389 e. The van der Waals surface area contributed by atoms with Crippen LogP contribution in [-0.4, -0.2) is 19.8 Å². The zero-order valence-corrected chi connectivity index (χ0v) is 8.92. The topological polar surface area (TPSA) is 35.2 Å². The minimum absolute atomic E-state index is 0.0350. The number of nitrogens with two attached hydrogens (primary N) is 1. The Kier molecular flexibility index (Phi) is 4.18. The van der Waals surface area contributed by atoms with E-state index in [0.29, 0.717) is 11.3 Å². The predicted molar refractivity (Wildman–Crippen MR) is 55.5 cm³/mol. The molecule has 0 aromatic heterocycles. The third-order valence-corrected chi connectivity index (χ3v) is 2.33. The van der Waals surface area contributed by atoms with Gasteiger partial charge in [-0.3, -0.25) is 0 Å². The summed E-state index contributed by atoms with van der Waals surface area (Å²) >= 11 is 0. The molecular weight excluding hydrogens is 219 g/mol. The van der Waals surface area contributed by atoms with Crippen LogP contribution in [0.15, 0.2) is 24.3 Å². The molecule has 1 aromatic rings. The van der Waals surface area contributed by atoms with E-state index in [4.69, 9.17) is 10.5 Å². The minimum atomic E-state index is -4.20. The maximum absolute atomic E-state index is 12.3. The average Bonchev–Trinajstić information content (AvgIpc) is 2.25. The smallest absolute Gasteiger partial charge is 0.389 e. The lowest BCUT2D eigenvalue weighted by atomic mass is 9.95. The molecule has 16 heavy (non-hydrogen) atoms. The molecule has 0 aliphatic rings. The fraction of sp³-hybridized carbons (Fsp3) is 0.455. The molecule has 1 atom stereocenters. The van der Waals surface area contributed by atoms with Crippen molar-refractivity contribution in [3.05, 3.63) is 29.8 Å². The third-order valence-electron chi connectivity index (χ3n) is 2.33. The number of hydrogen-bond acceptors (Lipinski definition) is 2. The van der Waals surface area contributed by atoms with Crippen molar-refractivity contribution in [2.24, 2.45) is 5.73 Å². The van der Waals surface area contributed by atoms with E-state index >= 15 is 0 Å². The van der Waals surface area contributed by atoms with Crippen LogP contribution in [0.2, 0.25) is 0 Å². The normalized spacial score (nSPS) is 13.6. The number of rotatable bonds is 4. The Morgan fingerprint density at radius 1 is 1.38 bits per heavy atom. The van der Waals surface area contributed by atoms with E-state index in [1.807, 2.05) is 0 Å². The molecule has 0 radical (unpaired) electrons. The first-order chi connectivity index (χ1) is 7.46. The molecule has 0 saturated carbocycles. The zero-order chi connectivity index (χ0) is 12.2. The molecule has 0 aliphatic heterocycles. The SMILES string of the molecule is COc1cccc(C(CN)CC(F)(F)F)c1. The van der Waals surface area contributed by atoms with Crippen LogP contribution in [0.5, 0.6) is 5.75 Å². The van der Waals surface area contributed by atoms with Crippen LogP contribution in [0.3, 0.4) is 0 Å². The molecular formula is C11H14F3NO. The number of halogens is 3. The van der Waals surface area contributed by atoms with Crippen LogP contribution in [0.25, 0.3) is 0 Å². The highest BCUT2D eigenvalue weighted by Gasteiger charge is 2.32. The molecule has 0 amide bonds. The van der Waals surface area contributed by atoms with Crippen molar-refractivity contribution in [1.29, 1.82) is 0 Å². The van der Waals surface area contributed by atoms with Crippen molar-refractivity contribution in [2.75, 3.05) is 13.7 Å². The summed E-state index contributed by atoms with van der Waals surface area (Å²) < 4.78 is 41.8. The molecule has 1 unspecified atom stereocenters. The molecule has 1 rings (SSSR count). The summed E-state index contributed by atoms with van der Waals surface area (Å²) in [6.07, 6.45) is -5.11. The van der Waals surface area contributed by atoms with Gasteiger partial charge in [0.1, 0.15) is 5.75 Å². The Hall–Kier alpha value is -1.23. The lowest BCUT2D eigenvalue weighted by molar-refractivity contribution is -0.138. The highest BCUT2D eigenvalue weighted by Crippen LogP contribution is 2.31. The lowest BCUT2D eigenvalue weighted by Crippen LogP contribution is -2.20. The van der Waals surface area contributed by atoms with E-state index in [1.165, 1.54) is 7.11 Å². The fourth-order valence-corrected chi connectivity index (χ4v) is 1.51. The summed E-state index contributed by atoms with van der Waals surface area (Å²) in [5.74, 6) is -0.173. The molecule has 2 nitrogen and oxygen atoms in total. The molecule has 0 saturated heterocycles. The summed E-state index contributed by atoms with van der Waals surface area (Å²) in [5.41, 5.74) is 5.92. The van der Waals surface area contributed by atoms with Gasteiger partial charge in [0, 0.05) is 5.92 Å². The van der Waals surface area contributed by atoms with E-state index < -0.39 is 18.5 Å². The fourth-order valence-electron chi connectivity index (χ4n) is 1.51. The van der Waals surface area contributed by atoms with Crippen LogP contribution in [0.1, 0.15) is 17.9 Å². The van der Waals surface area contributed by atoms with E-state index in [9.17, 15) is 13.2 Å². The molecule has 5 heteroatoms. The minimum Gasteiger partial charge on any atom is -0.497 e. The Balaban J connectivity index is 2.86. The number of alkyl halides is 3. The predicted octanol–water partition coefficient (Wildman–Crippen LogP) is 2.69. The van der Waals surface area contributed by atoms with Crippen LogP contribution >= 0.6 is 0 Å². The summed E-state index contributed by atoms with van der Waals surface area (Å²) in [6.45, 7) is -0.0350. The Labute approximate surface area is 92.2 Å². The highest BCUT2D eigenvalue weighted by molar-refractivity contribution is 5.31. The van der Waals surface area contributed by atoms with Gasteiger partial charge >= 0.3 is 6.18 Å². The first-order valence-electron chi connectivity index (χ1n) is 4.87. The summed E-state index contributed by atoms with van der Waals surface area (Å²) in [6, 6.07) is 6.56. The van der Waals surface area contributed by atoms with E-state index in [-0.39, 0.29) is 6.54 Å². The second kappa shape index (κ2) is 5.21. The number of methoxy groups -OCH3 is 1. The summed E-state index contributed by atoms with van der Waals surface area (Å²) in [5, 5.41) is 0. The van der Waals surface area contributed by atoms with Crippen molar-refractivity contribution in [3.8, 4) is 5.75 Å². The summed E-state index contributed by atoms with van der Waals surface area (Å²) in [7, 11) is 1.47. The quantitative estimate of drug-likeness (QED) is 0.867. The molecule has 1 aromatic carbocycles. The Morgan fingerprint density at radius 2 is 2.06 bits per heavy atom. The van der Waals surface area contributed by atoms with Crippen molar-refractivity contribution in [3.63, 3.8) is 0 Å². The van der Waals surface area contributed by atoms with Gasteiger partial charge in [-0.25, -0.2) is 0 Å². The van der Waals surface area contributed by atoms with Crippen LogP contribution < -0.4 is 10.5 Å². The first kappa shape index (κ1) is 12.8. The van der Waals surface area contributed by atoms with E-state index in [0.717, 1.165) is 0 Å². The maximum atomic E-state index is 12.3. The lowest BCUT2D eigenvalue weighted by Gasteiger charge is -2.17. The van der Waals surface area contributed by atoms with Gasteiger partial charge in [-0.1, -0.05) is 12.1 Å². The van der Waals surface area contributed by atoms with Gasteiger partial charge in [0.05, 0.1) is 13.5 Å². The van der Waals surface area contributed by atoms with Gasteiger partial charge in [-0.2, -0.15) is 13.2 Å². The van der Waals surface area contributed by atoms with Gasteiger partial charge < -0.3 is 10.5 Å². The number of hydrogen-bond donors (Lipinski definition) is 1. The number of benzene rings is 1. The van der Waals surface area contributed by atoms with Crippen molar-refractivity contribution in [2.45, 2.75) is 18.5 Å². The molecule has 0 spiro atoms. The molecule has 90 valence electrons. The average molecular weight is 233 g/mol. The van der Waals surface area contributed by atoms with E-state index in [2.05, 4.69) is 0 Å². The van der Waals surface area contributed by atoms with Gasteiger partial charge in [0.25, 0.3) is 0 Å². The largest absolute Gasteiger partial charge is 0.497 e. The Bertz CT molecular complexity index is 338. The first-order valence-corrected chi connectivity index (χ1v) is 4.87. The monoisotopic (exact) mass is 233 g/mol. The molecule has 0 aliphatic carbocycles. The molecule has 0 bridgehead atoms. The van der Waals surface area contributed by atoms with Gasteiger partial charge in [0.15, 0.2) is 0 Å². The standard InChI is InChI=1S/C11H14F3NO/c1-16-10-4-2-3-8(5-10)9(7-15)6-11(12,13)14/h2-5,9H,6-7,15H2,1H3. The van der Waals surface area contributed by atoms with Crippen LogP contribution in [0, 0.1) is 0 Å². The molecule has 0 heterocycles. The van der Waals surface area contributed by atoms with Gasteiger partial charge in [0.2, 0.25) is 0 Å². The zero-order valence-electron chi connectivity index (χ0n) is 8.92. The van der Waals surface area contributed by atoms with Crippen molar-refractivity contribution < 1.29 is 17.9 Å². The molecule has 0 fully saturated rings. The second-order valence-corrected chi connectivity index (χ2v) is 3.53. The Morgan fingerprint density at radius 3 is 2.56 bits per heavy atom.